The van der Waals surface area contributed by atoms with Crippen LogP contribution < -0.4 is 9.47 Å². The molecule has 24 heavy (non-hydrogen) atoms. The number of amides is 2. The molecule has 1 aromatic rings. The Labute approximate surface area is 142 Å². The van der Waals surface area contributed by atoms with Crippen LogP contribution in [0, 0.1) is 0 Å². The summed E-state index contributed by atoms with van der Waals surface area (Å²) in [4.78, 5) is 27.1. The molecule has 1 aliphatic heterocycles. The van der Waals surface area contributed by atoms with E-state index in [0.29, 0.717) is 18.8 Å². The zero-order chi connectivity index (χ0) is 17.7. The number of para-hydroxylation sites is 2. The van der Waals surface area contributed by atoms with Crippen LogP contribution in [0.4, 0.5) is 4.79 Å². The van der Waals surface area contributed by atoms with Gasteiger partial charge in [0.15, 0.2) is 18.1 Å². The second-order valence-corrected chi connectivity index (χ2v) is 6.05. The minimum Gasteiger partial charge on any atom is -0.480 e. The van der Waals surface area contributed by atoms with Gasteiger partial charge < -0.3 is 24.0 Å². The Morgan fingerprint density at radius 3 is 2.33 bits per heavy atom. The van der Waals surface area contributed by atoms with Crippen molar-refractivity contribution in [2.45, 2.75) is 26.1 Å². The summed E-state index contributed by atoms with van der Waals surface area (Å²) in [6.07, 6.45) is -0.495. The van der Waals surface area contributed by atoms with Gasteiger partial charge >= 0.3 is 6.09 Å². The van der Waals surface area contributed by atoms with Crippen LogP contribution in [-0.4, -0.2) is 67.8 Å². The first-order valence-corrected chi connectivity index (χ1v) is 7.91. The second-order valence-electron chi connectivity index (χ2n) is 6.05. The Balaban J connectivity index is 1.96. The third-order valence-corrected chi connectivity index (χ3v) is 3.54. The zero-order valence-corrected chi connectivity index (χ0v) is 14.5. The highest BCUT2D eigenvalue weighted by Gasteiger charge is 2.26. The number of hydrogen-bond acceptors (Lipinski definition) is 5. The Bertz CT molecular complexity index is 580. The van der Waals surface area contributed by atoms with Crippen LogP contribution in [0.2, 0.25) is 0 Å². The first-order valence-electron chi connectivity index (χ1n) is 7.91. The van der Waals surface area contributed by atoms with Crippen LogP contribution in [0.15, 0.2) is 24.3 Å². The standard InChI is InChI=1S/C17H24N2O5/c1-12-9-19(10-13(2)23-12)16(20)11-22-14-7-5-6-8-15(14)24-17(21)18(3)4/h5-8,12-13H,9-11H2,1-4H3/t12-,13-/m0/s1. The van der Waals surface area contributed by atoms with Crippen molar-refractivity contribution in [1.82, 2.24) is 9.80 Å². The lowest BCUT2D eigenvalue weighted by Crippen LogP contribution is -2.49. The van der Waals surface area contributed by atoms with Gasteiger partial charge in [0.1, 0.15) is 0 Å². The molecule has 1 aliphatic rings. The SMILES string of the molecule is C[C@H]1CN(C(=O)COc2ccccc2OC(=O)N(C)C)C[C@H](C)O1. The van der Waals surface area contributed by atoms with Gasteiger partial charge in [0, 0.05) is 27.2 Å². The number of carbonyl (C=O) groups excluding carboxylic acids is 2. The molecule has 0 unspecified atom stereocenters. The van der Waals surface area contributed by atoms with Crippen molar-refractivity contribution < 1.29 is 23.8 Å². The number of ether oxygens (including phenoxy) is 3. The van der Waals surface area contributed by atoms with Gasteiger partial charge in [-0.3, -0.25) is 4.79 Å². The molecule has 0 aromatic heterocycles. The van der Waals surface area contributed by atoms with Gasteiger partial charge in [-0.2, -0.15) is 0 Å². The van der Waals surface area contributed by atoms with E-state index in [4.69, 9.17) is 14.2 Å². The molecular weight excluding hydrogens is 312 g/mol. The van der Waals surface area contributed by atoms with Crippen molar-refractivity contribution >= 4 is 12.0 Å². The minimum atomic E-state index is -0.506. The molecule has 1 fully saturated rings. The lowest BCUT2D eigenvalue weighted by Gasteiger charge is -2.35. The largest absolute Gasteiger partial charge is 0.480 e. The molecule has 1 saturated heterocycles. The Hall–Kier alpha value is -2.28. The monoisotopic (exact) mass is 336 g/mol. The molecule has 1 heterocycles. The Morgan fingerprint density at radius 1 is 1.17 bits per heavy atom. The number of hydrogen-bond donors (Lipinski definition) is 0. The van der Waals surface area contributed by atoms with Crippen LogP contribution in [0.25, 0.3) is 0 Å². The molecule has 0 bridgehead atoms. The predicted molar refractivity (Wildman–Crippen MR) is 88.2 cm³/mol. The van der Waals surface area contributed by atoms with E-state index < -0.39 is 6.09 Å². The molecule has 0 aliphatic carbocycles. The van der Waals surface area contributed by atoms with Gasteiger partial charge in [0.2, 0.25) is 0 Å². The highest BCUT2D eigenvalue weighted by atomic mass is 16.6. The highest BCUT2D eigenvalue weighted by molar-refractivity contribution is 5.78. The number of morpholine rings is 1. The molecule has 0 N–H and O–H groups in total. The fraction of sp³-hybridized carbons (Fsp3) is 0.529. The fourth-order valence-electron chi connectivity index (χ4n) is 2.45. The molecule has 2 rings (SSSR count). The van der Waals surface area contributed by atoms with Crippen LogP contribution in [0.5, 0.6) is 11.5 Å². The molecule has 2 atom stereocenters. The molecule has 2 amide bonds. The maximum Gasteiger partial charge on any atom is 0.414 e. The zero-order valence-electron chi connectivity index (χ0n) is 14.5. The van der Waals surface area contributed by atoms with E-state index in [-0.39, 0.29) is 30.5 Å². The van der Waals surface area contributed by atoms with E-state index in [0.717, 1.165) is 0 Å². The number of benzene rings is 1. The summed E-state index contributed by atoms with van der Waals surface area (Å²) in [5, 5.41) is 0. The first kappa shape index (κ1) is 18.1. The van der Waals surface area contributed by atoms with E-state index in [2.05, 4.69) is 0 Å². The summed E-state index contributed by atoms with van der Waals surface area (Å²) in [6, 6.07) is 6.78. The topological polar surface area (TPSA) is 68.3 Å². The summed E-state index contributed by atoms with van der Waals surface area (Å²) in [5.41, 5.74) is 0. The van der Waals surface area contributed by atoms with E-state index in [1.54, 1.807) is 43.3 Å². The highest BCUT2D eigenvalue weighted by Crippen LogP contribution is 2.27. The van der Waals surface area contributed by atoms with Crippen molar-refractivity contribution in [1.29, 1.82) is 0 Å². The van der Waals surface area contributed by atoms with Crippen molar-refractivity contribution in [3.63, 3.8) is 0 Å². The normalized spacial score (nSPS) is 20.4. The van der Waals surface area contributed by atoms with Crippen LogP contribution >= 0.6 is 0 Å². The predicted octanol–water partition coefficient (Wildman–Crippen LogP) is 1.76. The van der Waals surface area contributed by atoms with E-state index >= 15 is 0 Å². The third-order valence-electron chi connectivity index (χ3n) is 3.54. The molecule has 0 spiro atoms. The quantitative estimate of drug-likeness (QED) is 0.838. The van der Waals surface area contributed by atoms with E-state index in [1.807, 2.05) is 13.8 Å². The maximum absolute atomic E-state index is 12.3. The molecule has 0 saturated carbocycles. The summed E-state index contributed by atoms with van der Waals surface area (Å²) < 4.78 is 16.4. The molecule has 132 valence electrons. The smallest absolute Gasteiger partial charge is 0.414 e. The minimum absolute atomic E-state index is 0.00559. The maximum atomic E-state index is 12.3. The van der Waals surface area contributed by atoms with Gasteiger partial charge in [-0.05, 0) is 26.0 Å². The molecule has 7 nitrogen and oxygen atoms in total. The summed E-state index contributed by atoms with van der Waals surface area (Å²) in [5.74, 6) is 0.522. The summed E-state index contributed by atoms with van der Waals surface area (Å²) in [7, 11) is 3.19. The van der Waals surface area contributed by atoms with Crippen LogP contribution in [0.3, 0.4) is 0 Å². The van der Waals surface area contributed by atoms with Crippen molar-refractivity contribution in [3.05, 3.63) is 24.3 Å². The van der Waals surface area contributed by atoms with Crippen LogP contribution in [-0.2, 0) is 9.53 Å². The second kappa shape index (κ2) is 8.01. The number of nitrogens with zero attached hydrogens (tertiary/aromatic N) is 2. The van der Waals surface area contributed by atoms with Gasteiger partial charge in [-0.15, -0.1) is 0 Å². The van der Waals surface area contributed by atoms with Crippen LogP contribution in [0.1, 0.15) is 13.8 Å². The number of carbonyl (C=O) groups is 2. The summed E-state index contributed by atoms with van der Waals surface area (Å²) >= 11 is 0. The van der Waals surface area contributed by atoms with Gasteiger partial charge in [0.25, 0.3) is 5.91 Å². The van der Waals surface area contributed by atoms with Gasteiger partial charge in [0.05, 0.1) is 12.2 Å². The fourth-order valence-corrected chi connectivity index (χ4v) is 2.45. The first-order chi connectivity index (χ1) is 11.4. The molecule has 7 heteroatoms. The van der Waals surface area contributed by atoms with Crippen molar-refractivity contribution in [3.8, 4) is 11.5 Å². The van der Waals surface area contributed by atoms with E-state index in [1.165, 1.54) is 4.90 Å². The summed E-state index contributed by atoms with van der Waals surface area (Å²) in [6.45, 7) is 4.85. The van der Waals surface area contributed by atoms with Crippen molar-refractivity contribution in [2.24, 2.45) is 0 Å². The lowest BCUT2D eigenvalue weighted by atomic mass is 10.2. The molecular formula is C17H24N2O5. The number of rotatable bonds is 4. The Morgan fingerprint density at radius 2 is 1.75 bits per heavy atom. The molecule has 1 aromatic carbocycles. The van der Waals surface area contributed by atoms with Gasteiger partial charge in [-0.25, -0.2) is 4.79 Å². The van der Waals surface area contributed by atoms with E-state index in [9.17, 15) is 9.59 Å². The van der Waals surface area contributed by atoms with Crippen molar-refractivity contribution in [2.75, 3.05) is 33.8 Å². The third kappa shape index (κ3) is 4.86. The molecule has 0 radical (unpaired) electrons. The average molecular weight is 336 g/mol. The average Bonchev–Trinajstić information content (AvgIpc) is 2.52. The Kier molecular flexibility index (Phi) is 6.03. The lowest BCUT2D eigenvalue weighted by molar-refractivity contribution is -0.145. The van der Waals surface area contributed by atoms with Gasteiger partial charge in [-0.1, -0.05) is 12.1 Å².